The highest BCUT2D eigenvalue weighted by Gasteiger charge is 2.27. The lowest BCUT2D eigenvalue weighted by atomic mass is 9.84. The molecule has 1 saturated heterocycles. The van der Waals surface area contributed by atoms with Crippen molar-refractivity contribution in [3.8, 4) is 5.75 Å². The van der Waals surface area contributed by atoms with Crippen LogP contribution in [0.1, 0.15) is 38.3 Å². The summed E-state index contributed by atoms with van der Waals surface area (Å²) in [6, 6.07) is 8.08. The van der Waals surface area contributed by atoms with Crippen molar-refractivity contribution < 1.29 is 4.74 Å². The summed E-state index contributed by atoms with van der Waals surface area (Å²) in [4.78, 5) is 2.49. The molecule has 3 heteroatoms. The maximum atomic E-state index is 6.37. The van der Waals surface area contributed by atoms with Crippen LogP contribution in [0.15, 0.2) is 24.3 Å². The van der Waals surface area contributed by atoms with Gasteiger partial charge in [-0.2, -0.15) is 0 Å². The van der Waals surface area contributed by atoms with Crippen LogP contribution in [0.5, 0.6) is 5.75 Å². The van der Waals surface area contributed by atoms with Crippen LogP contribution in [0.3, 0.4) is 0 Å². The number of ether oxygens (including phenoxy) is 1. The number of piperidine rings is 1. The highest BCUT2D eigenvalue weighted by molar-refractivity contribution is 5.35. The Labute approximate surface area is 116 Å². The predicted molar refractivity (Wildman–Crippen MR) is 79.4 cm³/mol. The summed E-state index contributed by atoms with van der Waals surface area (Å²) in [5.74, 6) is 0.895. The Bertz CT molecular complexity index is 417. The molecule has 1 aliphatic rings. The van der Waals surface area contributed by atoms with Crippen molar-refractivity contribution in [1.29, 1.82) is 0 Å². The van der Waals surface area contributed by atoms with Gasteiger partial charge in [0.25, 0.3) is 0 Å². The van der Waals surface area contributed by atoms with Crippen LogP contribution < -0.4 is 10.5 Å². The Morgan fingerprint density at radius 1 is 1.37 bits per heavy atom. The van der Waals surface area contributed by atoms with Crippen molar-refractivity contribution in [3.63, 3.8) is 0 Å². The van der Waals surface area contributed by atoms with E-state index in [2.05, 4.69) is 24.8 Å². The molecule has 0 amide bonds. The molecular formula is C16H26N2O. The van der Waals surface area contributed by atoms with E-state index in [0.717, 1.165) is 30.9 Å². The number of para-hydroxylation sites is 1. The van der Waals surface area contributed by atoms with E-state index in [1.54, 1.807) is 7.11 Å². The molecule has 0 saturated carbocycles. The lowest BCUT2D eigenvalue weighted by molar-refractivity contribution is 0.112. The van der Waals surface area contributed by atoms with Crippen molar-refractivity contribution in [2.45, 2.75) is 32.7 Å². The molecule has 0 aromatic heterocycles. The molecule has 1 unspecified atom stereocenters. The third-order valence-corrected chi connectivity index (χ3v) is 3.97. The van der Waals surface area contributed by atoms with Crippen LogP contribution >= 0.6 is 0 Å². The average molecular weight is 262 g/mol. The largest absolute Gasteiger partial charge is 0.496 e. The first kappa shape index (κ1) is 14.4. The molecule has 19 heavy (non-hydrogen) atoms. The zero-order valence-electron chi connectivity index (χ0n) is 12.4. The summed E-state index contributed by atoms with van der Waals surface area (Å²) in [5, 5.41) is 0. The molecule has 1 heterocycles. The number of hydrogen-bond donors (Lipinski definition) is 1. The van der Waals surface area contributed by atoms with Gasteiger partial charge in [0.1, 0.15) is 5.75 Å². The predicted octanol–water partition coefficient (Wildman–Crippen LogP) is 2.82. The third kappa shape index (κ3) is 3.71. The Morgan fingerprint density at radius 2 is 2.11 bits per heavy atom. The number of methoxy groups -OCH3 is 1. The maximum Gasteiger partial charge on any atom is 0.123 e. The van der Waals surface area contributed by atoms with Gasteiger partial charge in [0.15, 0.2) is 0 Å². The second kappa shape index (κ2) is 5.93. The van der Waals surface area contributed by atoms with Gasteiger partial charge in [0.05, 0.1) is 7.11 Å². The van der Waals surface area contributed by atoms with E-state index in [4.69, 9.17) is 10.5 Å². The Morgan fingerprint density at radius 3 is 2.79 bits per heavy atom. The number of nitrogens with zero attached hydrogens (tertiary/aromatic N) is 1. The molecule has 2 N–H and O–H groups in total. The zero-order chi connectivity index (χ0) is 13.9. The van der Waals surface area contributed by atoms with Crippen molar-refractivity contribution in [2.24, 2.45) is 11.1 Å². The van der Waals surface area contributed by atoms with Crippen molar-refractivity contribution in [3.05, 3.63) is 29.8 Å². The average Bonchev–Trinajstić information content (AvgIpc) is 2.37. The molecule has 1 aromatic rings. The minimum atomic E-state index is 0.0186. The molecule has 1 fully saturated rings. The van der Waals surface area contributed by atoms with E-state index in [1.807, 2.05) is 18.2 Å². The van der Waals surface area contributed by atoms with E-state index in [-0.39, 0.29) is 6.04 Å². The summed E-state index contributed by atoms with van der Waals surface area (Å²) >= 11 is 0. The fraction of sp³-hybridized carbons (Fsp3) is 0.625. The first-order valence-electron chi connectivity index (χ1n) is 7.13. The van der Waals surface area contributed by atoms with Crippen molar-refractivity contribution >= 4 is 0 Å². The number of benzene rings is 1. The molecule has 2 rings (SSSR count). The number of likely N-dealkylation sites (tertiary alicyclic amines) is 1. The summed E-state index contributed by atoms with van der Waals surface area (Å²) in [5.41, 5.74) is 7.89. The number of hydrogen-bond acceptors (Lipinski definition) is 3. The lowest BCUT2D eigenvalue weighted by Gasteiger charge is -2.39. The second-order valence-corrected chi connectivity index (χ2v) is 6.35. The van der Waals surface area contributed by atoms with Gasteiger partial charge in [-0.25, -0.2) is 0 Å². The van der Waals surface area contributed by atoms with Gasteiger partial charge >= 0.3 is 0 Å². The minimum Gasteiger partial charge on any atom is -0.496 e. The summed E-state index contributed by atoms with van der Waals surface area (Å²) in [7, 11) is 1.70. The molecule has 0 aliphatic carbocycles. The molecule has 0 bridgehead atoms. The van der Waals surface area contributed by atoms with Crippen molar-refractivity contribution in [1.82, 2.24) is 4.90 Å². The smallest absolute Gasteiger partial charge is 0.123 e. The lowest BCUT2D eigenvalue weighted by Crippen LogP contribution is -2.43. The maximum absolute atomic E-state index is 6.37. The van der Waals surface area contributed by atoms with E-state index in [0.29, 0.717) is 5.41 Å². The van der Waals surface area contributed by atoms with Crippen LogP contribution in [0.2, 0.25) is 0 Å². The van der Waals surface area contributed by atoms with Crippen LogP contribution in [0, 0.1) is 5.41 Å². The summed E-state index contributed by atoms with van der Waals surface area (Å²) < 4.78 is 5.40. The van der Waals surface area contributed by atoms with Crippen LogP contribution in [-0.2, 0) is 0 Å². The fourth-order valence-electron chi connectivity index (χ4n) is 3.05. The molecule has 1 aromatic carbocycles. The fourth-order valence-corrected chi connectivity index (χ4v) is 3.05. The topological polar surface area (TPSA) is 38.5 Å². The first-order chi connectivity index (χ1) is 9.02. The van der Waals surface area contributed by atoms with Gasteiger partial charge in [-0.05, 0) is 30.9 Å². The monoisotopic (exact) mass is 262 g/mol. The minimum absolute atomic E-state index is 0.0186. The van der Waals surface area contributed by atoms with E-state index >= 15 is 0 Å². The van der Waals surface area contributed by atoms with Crippen LogP contribution in [-0.4, -0.2) is 31.6 Å². The molecule has 106 valence electrons. The van der Waals surface area contributed by atoms with Gasteiger partial charge in [-0.1, -0.05) is 32.0 Å². The van der Waals surface area contributed by atoms with E-state index in [1.165, 1.54) is 12.8 Å². The quantitative estimate of drug-likeness (QED) is 0.907. The SMILES string of the molecule is COc1ccccc1C(N)CN1CCCC(C)(C)C1. The van der Waals surface area contributed by atoms with Gasteiger partial charge in [-0.3, -0.25) is 0 Å². The van der Waals surface area contributed by atoms with Gasteiger partial charge in [0, 0.05) is 24.7 Å². The Kier molecular flexibility index (Phi) is 4.48. The summed E-state index contributed by atoms with van der Waals surface area (Å²) in [6.45, 7) is 7.88. The highest BCUT2D eigenvalue weighted by Crippen LogP contribution is 2.30. The molecule has 1 aliphatic heterocycles. The standard InChI is InChI=1S/C16H26N2O/c1-16(2)9-6-10-18(12-16)11-14(17)13-7-4-5-8-15(13)19-3/h4-5,7-8,14H,6,9-12,17H2,1-3H3. The molecule has 3 nitrogen and oxygen atoms in total. The zero-order valence-corrected chi connectivity index (χ0v) is 12.4. The van der Waals surface area contributed by atoms with Gasteiger partial charge in [0.2, 0.25) is 0 Å². The molecule has 0 radical (unpaired) electrons. The van der Waals surface area contributed by atoms with E-state index < -0.39 is 0 Å². The number of nitrogens with two attached hydrogens (primary N) is 1. The van der Waals surface area contributed by atoms with Gasteiger partial charge < -0.3 is 15.4 Å². The molecule has 1 atom stereocenters. The van der Waals surface area contributed by atoms with E-state index in [9.17, 15) is 0 Å². The molecule has 0 spiro atoms. The third-order valence-electron chi connectivity index (χ3n) is 3.97. The van der Waals surface area contributed by atoms with Gasteiger partial charge in [-0.15, -0.1) is 0 Å². The highest BCUT2D eigenvalue weighted by atomic mass is 16.5. The van der Waals surface area contributed by atoms with Crippen molar-refractivity contribution in [2.75, 3.05) is 26.7 Å². The Hall–Kier alpha value is -1.06. The first-order valence-corrected chi connectivity index (χ1v) is 7.13. The van der Waals surface area contributed by atoms with Crippen LogP contribution in [0.4, 0.5) is 0 Å². The number of rotatable bonds is 4. The molecular weight excluding hydrogens is 236 g/mol. The Balaban J connectivity index is 2.02. The summed E-state index contributed by atoms with van der Waals surface area (Å²) in [6.07, 6.45) is 2.58. The normalized spacial score (nSPS) is 21.1. The second-order valence-electron chi connectivity index (χ2n) is 6.35. The van der Waals surface area contributed by atoms with Crippen LogP contribution in [0.25, 0.3) is 0 Å².